The molecule has 0 atom stereocenters. The van der Waals surface area contributed by atoms with Gasteiger partial charge in [-0.1, -0.05) is 133 Å². The van der Waals surface area contributed by atoms with E-state index in [4.69, 9.17) is 4.74 Å². The average Bonchev–Trinajstić information content (AvgIpc) is 3.15. The van der Waals surface area contributed by atoms with Crippen LogP contribution in [0.2, 0.25) is 0 Å². The van der Waals surface area contributed by atoms with Crippen LogP contribution in [-0.2, 0) is 10.8 Å². The molecule has 2 aliphatic rings. The number of nitrogens with zero attached hydrogens (tertiary/aromatic N) is 2. The summed E-state index contributed by atoms with van der Waals surface area (Å²) in [5, 5.41) is 2.44. The maximum atomic E-state index is 6.73. The molecule has 254 valence electrons. The fourth-order valence-corrected chi connectivity index (χ4v) is 8.13. The van der Waals surface area contributed by atoms with Crippen LogP contribution in [0, 0.1) is 0 Å². The van der Waals surface area contributed by atoms with Crippen LogP contribution in [0.25, 0.3) is 10.8 Å². The smallest absolute Gasteiger partial charge is 0.257 e. The normalized spacial score (nSPS) is 13.3. The maximum absolute atomic E-state index is 6.73. The van der Waals surface area contributed by atoms with Gasteiger partial charge in [-0.05, 0) is 104 Å². The van der Waals surface area contributed by atoms with Gasteiger partial charge in [0.05, 0.1) is 5.69 Å². The third kappa shape index (κ3) is 5.20. The number of fused-ring (bicyclic) bond motifs is 6. The third-order valence-corrected chi connectivity index (χ3v) is 10.8. The van der Waals surface area contributed by atoms with Crippen molar-refractivity contribution in [3.05, 3.63) is 163 Å². The first-order valence-electron chi connectivity index (χ1n) is 18.4. The number of rotatable bonds is 4. The van der Waals surface area contributed by atoms with Gasteiger partial charge in [0.25, 0.3) is 6.71 Å². The molecule has 9 rings (SSSR count). The van der Waals surface area contributed by atoms with Crippen molar-refractivity contribution in [2.75, 3.05) is 9.80 Å². The van der Waals surface area contributed by atoms with Gasteiger partial charge in [-0.2, -0.15) is 0 Å². The first-order valence-corrected chi connectivity index (χ1v) is 18.4. The molecule has 7 aromatic rings. The Morgan fingerprint density at radius 3 is 1.69 bits per heavy atom. The summed E-state index contributed by atoms with van der Waals surface area (Å²) in [5.74, 6) is 1.84. The van der Waals surface area contributed by atoms with Gasteiger partial charge >= 0.3 is 0 Å². The number of ether oxygens (including phenoxy) is 1. The Balaban J connectivity index is 1.43. The van der Waals surface area contributed by atoms with Crippen molar-refractivity contribution in [1.82, 2.24) is 0 Å². The van der Waals surface area contributed by atoms with E-state index in [1.165, 1.54) is 44.0 Å². The summed E-state index contributed by atoms with van der Waals surface area (Å²) < 4.78 is 6.73. The van der Waals surface area contributed by atoms with E-state index >= 15 is 0 Å². The predicted molar refractivity (Wildman–Crippen MR) is 222 cm³/mol. The molecule has 0 saturated carbocycles. The van der Waals surface area contributed by atoms with E-state index in [0.29, 0.717) is 0 Å². The van der Waals surface area contributed by atoms with E-state index in [2.05, 4.69) is 203 Å². The lowest BCUT2D eigenvalue weighted by Gasteiger charge is -2.42. The molecule has 0 spiro atoms. The topological polar surface area (TPSA) is 15.7 Å². The molecule has 7 aromatic carbocycles. The summed E-state index contributed by atoms with van der Waals surface area (Å²) in [6.45, 7) is 13.9. The molecule has 0 fully saturated rings. The van der Waals surface area contributed by atoms with Crippen molar-refractivity contribution in [3.63, 3.8) is 0 Å². The minimum atomic E-state index is -0.0404. The van der Waals surface area contributed by atoms with Crippen molar-refractivity contribution in [2.24, 2.45) is 0 Å². The average molecular weight is 675 g/mol. The largest absolute Gasteiger partial charge is 0.458 e. The summed E-state index contributed by atoms with van der Waals surface area (Å²) in [5.41, 5.74) is 13.1. The van der Waals surface area contributed by atoms with Crippen molar-refractivity contribution < 1.29 is 4.74 Å². The van der Waals surface area contributed by atoms with Crippen LogP contribution >= 0.6 is 0 Å². The first kappa shape index (κ1) is 32.2. The standard InChI is InChI=1S/C48H43BN2O/c1-47(2,3)32-28-33(48(4,5)6)30-36(29-32)51-40-25-17-27-44-46(40)49(39-24-15-16-26-43(39)52-44)45-38-23-14-13-22-37(38)41(31-42(45)51)50(34-18-9-7-10-19-34)35-20-11-8-12-21-35/h7-31H,1-6H3. The van der Waals surface area contributed by atoms with Gasteiger partial charge in [0.1, 0.15) is 11.5 Å². The zero-order chi connectivity index (χ0) is 35.8. The molecule has 3 nitrogen and oxygen atoms in total. The van der Waals surface area contributed by atoms with Crippen LogP contribution in [0.4, 0.5) is 34.1 Å². The third-order valence-electron chi connectivity index (χ3n) is 10.8. The molecule has 2 heterocycles. The van der Waals surface area contributed by atoms with Gasteiger partial charge in [0.15, 0.2) is 0 Å². The fraction of sp³-hybridized carbons (Fsp3) is 0.167. The maximum Gasteiger partial charge on any atom is 0.257 e. The van der Waals surface area contributed by atoms with Gasteiger partial charge in [-0.15, -0.1) is 0 Å². The molecule has 4 heteroatoms. The van der Waals surface area contributed by atoms with Crippen LogP contribution in [0.5, 0.6) is 11.5 Å². The van der Waals surface area contributed by atoms with Crippen LogP contribution in [0.1, 0.15) is 52.7 Å². The number of para-hydroxylation sites is 3. The molecular formula is C48H43BN2O. The molecule has 52 heavy (non-hydrogen) atoms. The summed E-state index contributed by atoms with van der Waals surface area (Å²) in [7, 11) is 0. The molecule has 0 bridgehead atoms. The van der Waals surface area contributed by atoms with Crippen molar-refractivity contribution in [3.8, 4) is 11.5 Å². The zero-order valence-corrected chi connectivity index (χ0v) is 30.8. The molecule has 0 saturated heterocycles. The van der Waals surface area contributed by atoms with E-state index in [-0.39, 0.29) is 17.5 Å². The second-order valence-electron chi connectivity index (χ2n) is 16.2. The highest BCUT2D eigenvalue weighted by molar-refractivity contribution is 7.00. The molecule has 2 aliphatic heterocycles. The second kappa shape index (κ2) is 11.9. The summed E-state index contributed by atoms with van der Waals surface area (Å²) in [6.07, 6.45) is 0. The fourth-order valence-electron chi connectivity index (χ4n) is 8.13. The first-order chi connectivity index (χ1) is 25.1. The summed E-state index contributed by atoms with van der Waals surface area (Å²) in [4.78, 5) is 4.94. The lowest BCUT2D eigenvalue weighted by molar-refractivity contribution is 0.487. The molecule has 0 N–H and O–H groups in total. The van der Waals surface area contributed by atoms with E-state index < -0.39 is 0 Å². The molecule has 0 aliphatic carbocycles. The Morgan fingerprint density at radius 1 is 0.500 bits per heavy atom. The van der Waals surface area contributed by atoms with Gasteiger partial charge in [-0.3, -0.25) is 0 Å². The lowest BCUT2D eigenvalue weighted by Crippen LogP contribution is -2.59. The van der Waals surface area contributed by atoms with E-state index in [9.17, 15) is 0 Å². The van der Waals surface area contributed by atoms with Gasteiger partial charge in [0, 0.05) is 33.8 Å². The van der Waals surface area contributed by atoms with Gasteiger partial charge < -0.3 is 14.5 Å². The summed E-state index contributed by atoms with van der Waals surface area (Å²) in [6, 6.07) is 55.3. The van der Waals surface area contributed by atoms with Crippen molar-refractivity contribution in [2.45, 2.75) is 52.4 Å². The zero-order valence-electron chi connectivity index (χ0n) is 30.8. The Labute approximate surface area is 308 Å². The number of benzene rings is 7. The molecule has 0 amide bonds. The Hall–Kier alpha value is -5.74. The summed E-state index contributed by atoms with van der Waals surface area (Å²) >= 11 is 0. The van der Waals surface area contributed by atoms with Crippen LogP contribution < -0.4 is 30.9 Å². The molecule has 0 unspecified atom stereocenters. The van der Waals surface area contributed by atoms with Crippen LogP contribution in [0.3, 0.4) is 0 Å². The highest BCUT2D eigenvalue weighted by Crippen LogP contribution is 2.48. The van der Waals surface area contributed by atoms with E-state index in [1.54, 1.807) is 0 Å². The highest BCUT2D eigenvalue weighted by atomic mass is 16.5. The Bertz CT molecular complexity index is 2400. The Kier molecular flexibility index (Phi) is 7.38. The number of hydrogen-bond donors (Lipinski definition) is 0. The van der Waals surface area contributed by atoms with Gasteiger partial charge in [-0.25, -0.2) is 0 Å². The molecule has 0 radical (unpaired) electrons. The van der Waals surface area contributed by atoms with Crippen LogP contribution in [0.15, 0.2) is 152 Å². The quantitative estimate of drug-likeness (QED) is 0.173. The van der Waals surface area contributed by atoms with E-state index in [0.717, 1.165) is 39.9 Å². The van der Waals surface area contributed by atoms with Crippen molar-refractivity contribution >= 4 is 68.0 Å². The van der Waals surface area contributed by atoms with Crippen molar-refractivity contribution in [1.29, 1.82) is 0 Å². The predicted octanol–water partition coefficient (Wildman–Crippen LogP) is 11.3. The van der Waals surface area contributed by atoms with E-state index in [1.807, 2.05) is 0 Å². The monoisotopic (exact) mass is 674 g/mol. The van der Waals surface area contributed by atoms with Gasteiger partial charge in [0.2, 0.25) is 0 Å². The molecular weight excluding hydrogens is 631 g/mol. The number of hydrogen-bond acceptors (Lipinski definition) is 3. The highest BCUT2D eigenvalue weighted by Gasteiger charge is 2.43. The Morgan fingerprint density at radius 2 is 1.06 bits per heavy atom. The SMILES string of the molecule is CC(C)(C)c1cc(N2c3cccc4c3B(c3ccccc3O4)c3c2cc(N(c2ccccc2)c2ccccc2)c2ccccc32)cc(C(C)(C)C)c1. The minimum Gasteiger partial charge on any atom is -0.458 e. The molecule has 0 aromatic heterocycles. The van der Waals surface area contributed by atoms with Crippen LogP contribution in [-0.4, -0.2) is 6.71 Å². The lowest BCUT2D eigenvalue weighted by atomic mass is 9.33. The second-order valence-corrected chi connectivity index (χ2v) is 16.2. The number of anilines is 6. The minimum absolute atomic E-state index is 0.00358.